The highest BCUT2D eigenvalue weighted by atomic mass is 16.5. The minimum Gasteiger partial charge on any atom is -0.494 e. The molecular weight excluding hydrogens is 380 g/mol. The van der Waals surface area contributed by atoms with Crippen LogP contribution in [0.25, 0.3) is 5.57 Å². The van der Waals surface area contributed by atoms with Gasteiger partial charge in [0.05, 0.1) is 12.2 Å². The molecule has 0 atom stereocenters. The van der Waals surface area contributed by atoms with E-state index in [2.05, 4.69) is 0 Å². The van der Waals surface area contributed by atoms with Crippen molar-refractivity contribution in [2.45, 2.75) is 19.8 Å². The number of nitrogens with zero attached hydrogens (tertiary/aromatic N) is 2. The van der Waals surface area contributed by atoms with Crippen LogP contribution in [0, 0.1) is 0 Å². The lowest BCUT2D eigenvalue weighted by atomic mass is 10.0. The average molecular weight is 408 g/mol. The number of carbonyl (C=O) groups excluding carboxylic acids is 2. The minimum absolute atomic E-state index is 0.281. The SMILES string of the molecule is CCCOc1ccc(C2=C(N(C)c3ccccc3)C(=O)N(CCCOC)C2=O)cc1. The number of carbonyl (C=O) groups is 2. The number of ether oxygens (including phenoxy) is 2. The van der Waals surface area contributed by atoms with Crippen LogP contribution in [-0.2, 0) is 14.3 Å². The number of anilines is 1. The van der Waals surface area contributed by atoms with E-state index < -0.39 is 0 Å². The summed E-state index contributed by atoms with van der Waals surface area (Å²) in [6.07, 6.45) is 1.51. The molecule has 1 aliphatic rings. The van der Waals surface area contributed by atoms with Gasteiger partial charge in [-0.05, 0) is 42.7 Å². The zero-order chi connectivity index (χ0) is 21.5. The Balaban J connectivity index is 1.99. The van der Waals surface area contributed by atoms with Gasteiger partial charge in [0.25, 0.3) is 11.8 Å². The van der Waals surface area contributed by atoms with E-state index in [1.165, 1.54) is 4.90 Å². The van der Waals surface area contributed by atoms with Crippen LogP contribution in [0.3, 0.4) is 0 Å². The normalized spacial score (nSPS) is 13.9. The van der Waals surface area contributed by atoms with Crippen molar-refractivity contribution in [3.8, 4) is 5.75 Å². The topological polar surface area (TPSA) is 59.1 Å². The third kappa shape index (κ3) is 4.54. The third-order valence-electron chi connectivity index (χ3n) is 4.97. The molecule has 0 fully saturated rings. The average Bonchev–Trinajstić information content (AvgIpc) is 3.03. The second-order valence-corrected chi connectivity index (χ2v) is 7.10. The maximum absolute atomic E-state index is 13.3. The lowest BCUT2D eigenvalue weighted by Gasteiger charge is -2.21. The van der Waals surface area contributed by atoms with Gasteiger partial charge in [-0.25, -0.2) is 0 Å². The largest absolute Gasteiger partial charge is 0.494 e. The summed E-state index contributed by atoms with van der Waals surface area (Å²) >= 11 is 0. The van der Waals surface area contributed by atoms with Gasteiger partial charge in [0.15, 0.2) is 0 Å². The Morgan fingerprint density at radius 2 is 1.63 bits per heavy atom. The molecule has 1 heterocycles. The Bertz CT molecular complexity index is 907. The highest BCUT2D eigenvalue weighted by molar-refractivity contribution is 6.36. The van der Waals surface area contributed by atoms with Crippen molar-refractivity contribution in [3.05, 3.63) is 65.9 Å². The van der Waals surface area contributed by atoms with Gasteiger partial charge in [0.1, 0.15) is 11.4 Å². The van der Waals surface area contributed by atoms with E-state index in [0.717, 1.165) is 17.9 Å². The number of benzene rings is 2. The molecule has 30 heavy (non-hydrogen) atoms. The predicted molar refractivity (Wildman–Crippen MR) is 117 cm³/mol. The van der Waals surface area contributed by atoms with Crippen LogP contribution in [0.15, 0.2) is 60.3 Å². The number of hydrogen-bond acceptors (Lipinski definition) is 5. The Morgan fingerprint density at radius 1 is 0.933 bits per heavy atom. The summed E-state index contributed by atoms with van der Waals surface area (Å²) in [6, 6.07) is 16.9. The zero-order valence-electron chi connectivity index (χ0n) is 17.8. The van der Waals surface area contributed by atoms with Gasteiger partial charge in [0.2, 0.25) is 0 Å². The van der Waals surface area contributed by atoms with Crippen molar-refractivity contribution in [3.63, 3.8) is 0 Å². The maximum atomic E-state index is 13.3. The summed E-state index contributed by atoms with van der Waals surface area (Å²) in [7, 11) is 3.42. The smallest absolute Gasteiger partial charge is 0.278 e. The first kappa shape index (κ1) is 21.6. The van der Waals surface area contributed by atoms with Gasteiger partial charge in [0, 0.05) is 33.0 Å². The van der Waals surface area contributed by atoms with Crippen molar-refractivity contribution in [1.29, 1.82) is 0 Å². The summed E-state index contributed by atoms with van der Waals surface area (Å²) in [5.41, 5.74) is 2.33. The van der Waals surface area contributed by atoms with E-state index in [1.807, 2.05) is 68.6 Å². The van der Waals surface area contributed by atoms with Crippen molar-refractivity contribution >= 4 is 23.1 Å². The molecule has 1 aliphatic heterocycles. The number of likely N-dealkylation sites (N-methyl/N-ethyl adjacent to an activating group) is 1. The highest BCUT2D eigenvalue weighted by Gasteiger charge is 2.40. The van der Waals surface area contributed by atoms with Crippen molar-refractivity contribution in [2.75, 3.05) is 38.8 Å². The maximum Gasteiger partial charge on any atom is 0.278 e. The van der Waals surface area contributed by atoms with Crippen LogP contribution in [0.2, 0.25) is 0 Å². The first-order valence-corrected chi connectivity index (χ1v) is 10.2. The number of imide groups is 1. The van der Waals surface area contributed by atoms with Gasteiger partial charge in [-0.15, -0.1) is 0 Å². The van der Waals surface area contributed by atoms with E-state index in [4.69, 9.17) is 9.47 Å². The summed E-state index contributed by atoms with van der Waals surface area (Å²) < 4.78 is 10.7. The van der Waals surface area contributed by atoms with E-state index in [-0.39, 0.29) is 11.8 Å². The van der Waals surface area contributed by atoms with Gasteiger partial charge >= 0.3 is 0 Å². The standard InChI is InChI=1S/C24H28N2O4/c1-4-16-30-20-13-11-18(12-14-20)21-22(25(2)19-9-6-5-7-10-19)24(28)26(23(21)27)15-8-17-29-3/h5-7,9-14H,4,8,15-17H2,1-3H3. The zero-order valence-corrected chi connectivity index (χ0v) is 17.8. The number of hydrogen-bond donors (Lipinski definition) is 0. The third-order valence-corrected chi connectivity index (χ3v) is 4.97. The number of para-hydroxylation sites is 1. The second-order valence-electron chi connectivity index (χ2n) is 7.10. The molecule has 0 aromatic heterocycles. The van der Waals surface area contributed by atoms with E-state index in [0.29, 0.717) is 43.0 Å². The minimum atomic E-state index is -0.288. The molecular formula is C24H28N2O4. The number of methoxy groups -OCH3 is 1. The van der Waals surface area contributed by atoms with Gasteiger partial charge in [-0.3, -0.25) is 14.5 Å². The lowest BCUT2D eigenvalue weighted by molar-refractivity contribution is -0.137. The molecule has 0 aliphatic carbocycles. The molecule has 3 rings (SSSR count). The molecule has 2 amide bonds. The first-order valence-electron chi connectivity index (χ1n) is 10.2. The Labute approximate surface area is 177 Å². The molecule has 2 aromatic rings. The summed E-state index contributed by atoms with van der Waals surface area (Å²) in [4.78, 5) is 29.6. The number of amides is 2. The van der Waals surface area contributed by atoms with Crippen LogP contribution in [0.5, 0.6) is 5.75 Å². The number of rotatable bonds is 10. The molecule has 0 spiro atoms. The van der Waals surface area contributed by atoms with Gasteiger partial charge in [-0.1, -0.05) is 37.3 Å². The molecule has 0 bridgehead atoms. The van der Waals surface area contributed by atoms with E-state index in [9.17, 15) is 9.59 Å². The molecule has 0 saturated heterocycles. The fourth-order valence-corrected chi connectivity index (χ4v) is 3.42. The molecule has 158 valence electrons. The summed E-state index contributed by atoms with van der Waals surface area (Å²) in [6.45, 7) is 3.49. The summed E-state index contributed by atoms with van der Waals surface area (Å²) in [5.74, 6) is 0.174. The molecule has 0 N–H and O–H groups in total. The lowest BCUT2D eigenvalue weighted by Crippen LogP contribution is -2.35. The van der Waals surface area contributed by atoms with Crippen LogP contribution in [-0.4, -0.2) is 50.6 Å². The fourth-order valence-electron chi connectivity index (χ4n) is 3.42. The fraction of sp³-hybridized carbons (Fsp3) is 0.333. The van der Waals surface area contributed by atoms with Gasteiger partial charge < -0.3 is 14.4 Å². The van der Waals surface area contributed by atoms with Crippen LogP contribution in [0.1, 0.15) is 25.3 Å². The Morgan fingerprint density at radius 3 is 2.27 bits per heavy atom. The highest BCUT2D eigenvalue weighted by Crippen LogP contribution is 2.34. The van der Waals surface area contributed by atoms with Crippen molar-refractivity contribution < 1.29 is 19.1 Å². The van der Waals surface area contributed by atoms with E-state index in [1.54, 1.807) is 12.0 Å². The Hall–Kier alpha value is -3.12. The molecule has 2 aromatic carbocycles. The van der Waals surface area contributed by atoms with Crippen molar-refractivity contribution in [2.24, 2.45) is 0 Å². The van der Waals surface area contributed by atoms with E-state index >= 15 is 0 Å². The molecule has 0 unspecified atom stereocenters. The van der Waals surface area contributed by atoms with Gasteiger partial charge in [-0.2, -0.15) is 0 Å². The van der Waals surface area contributed by atoms with Crippen LogP contribution < -0.4 is 9.64 Å². The Kier molecular flexibility index (Phi) is 7.25. The van der Waals surface area contributed by atoms with Crippen LogP contribution >= 0.6 is 0 Å². The van der Waals surface area contributed by atoms with Crippen LogP contribution in [0.4, 0.5) is 5.69 Å². The quantitative estimate of drug-likeness (QED) is 0.443. The van der Waals surface area contributed by atoms with Crippen molar-refractivity contribution in [1.82, 2.24) is 4.90 Å². The predicted octanol–water partition coefficient (Wildman–Crippen LogP) is 3.73. The second kappa shape index (κ2) is 10.1. The molecule has 0 radical (unpaired) electrons. The molecule has 0 saturated carbocycles. The monoisotopic (exact) mass is 408 g/mol. The molecule has 6 heteroatoms. The first-order chi connectivity index (χ1) is 14.6. The molecule has 6 nitrogen and oxygen atoms in total. The summed E-state index contributed by atoms with van der Waals surface area (Å²) in [5, 5.41) is 0.